The molecule has 0 heterocycles. The minimum Gasteiger partial charge on any atom is -0.449 e. The number of carbonyl (C=O) groups excluding carboxylic acids is 2. The van der Waals surface area contributed by atoms with Gasteiger partial charge in [-0.25, -0.2) is 17.9 Å². The summed E-state index contributed by atoms with van der Waals surface area (Å²) < 4.78 is 32.2. The molecule has 0 aliphatic heterocycles. The van der Waals surface area contributed by atoms with Crippen LogP contribution in [0.5, 0.6) is 0 Å². The van der Waals surface area contributed by atoms with Gasteiger partial charge in [-0.15, -0.1) is 0 Å². The standard InChI is InChI=1S/C16H21ClN2O5S/c1-3-8-18-15(20)10(2)24-16(21)11-4-7-13(17)14(9-11)25(22,23)19-12-5-6-12/h4,7,9-10,12,19H,3,5-6,8H2,1-2H3,(H,18,20)/t10-/m1/s1. The maximum atomic E-state index is 12.3. The monoisotopic (exact) mass is 388 g/mol. The predicted molar refractivity (Wildman–Crippen MR) is 93.0 cm³/mol. The lowest BCUT2D eigenvalue weighted by Crippen LogP contribution is -2.36. The highest BCUT2D eigenvalue weighted by Crippen LogP contribution is 2.27. The minimum atomic E-state index is -3.81. The molecule has 0 aromatic heterocycles. The largest absolute Gasteiger partial charge is 0.449 e. The van der Waals surface area contributed by atoms with Gasteiger partial charge in [0.15, 0.2) is 6.10 Å². The Morgan fingerprint density at radius 3 is 2.64 bits per heavy atom. The van der Waals surface area contributed by atoms with E-state index in [1.807, 2.05) is 6.92 Å². The summed E-state index contributed by atoms with van der Waals surface area (Å²) in [4.78, 5) is 23.8. The fourth-order valence-electron chi connectivity index (χ4n) is 1.99. The average molecular weight is 389 g/mol. The third kappa shape index (κ3) is 5.42. The molecule has 1 aromatic carbocycles. The number of halogens is 1. The molecule has 25 heavy (non-hydrogen) atoms. The van der Waals surface area contributed by atoms with Gasteiger partial charge in [0.2, 0.25) is 10.0 Å². The number of sulfonamides is 1. The molecule has 1 atom stereocenters. The van der Waals surface area contributed by atoms with Crippen molar-refractivity contribution in [2.75, 3.05) is 6.54 Å². The van der Waals surface area contributed by atoms with E-state index in [4.69, 9.17) is 16.3 Å². The maximum absolute atomic E-state index is 12.3. The zero-order valence-corrected chi connectivity index (χ0v) is 15.6. The van der Waals surface area contributed by atoms with E-state index in [2.05, 4.69) is 10.0 Å². The Hall–Kier alpha value is -1.64. The first-order valence-corrected chi connectivity index (χ1v) is 9.91. The van der Waals surface area contributed by atoms with Gasteiger partial charge in [0.25, 0.3) is 5.91 Å². The first-order chi connectivity index (χ1) is 11.7. The summed E-state index contributed by atoms with van der Waals surface area (Å²) in [6.07, 6.45) is 1.34. The molecule has 2 N–H and O–H groups in total. The van der Waals surface area contributed by atoms with Crippen LogP contribution in [0.15, 0.2) is 23.1 Å². The Morgan fingerprint density at radius 2 is 2.04 bits per heavy atom. The van der Waals surface area contributed by atoms with E-state index in [0.29, 0.717) is 6.54 Å². The molecule has 0 spiro atoms. The molecule has 0 unspecified atom stereocenters. The molecular formula is C16H21ClN2O5S. The number of hydrogen-bond donors (Lipinski definition) is 2. The molecule has 1 aliphatic carbocycles. The van der Waals surface area contributed by atoms with E-state index in [0.717, 1.165) is 25.3 Å². The van der Waals surface area contributed by atoms with E-state index in [9.17, 15) is 18.0 Å². The molecule has 138 valence electrons. The molecule has 1 aliphatic rings. The van der Waals surface area contributed by atoms with Crippen molar-refractivity contribution in [3.05, 3.63) is 28.8 Å². The molecule has 0 radical (unpaired) electrons. The van der Waals surface area contributed by atoms with Crippen LogP contribution in [-0.4, -0.2) is 39.0 Å². The highest BCUT2D eigenvalue weighted by molar-refractivity contribution is 7.89. The Labute approximate surface area is 152 Å². The number of esters is 1. The summed E-state index contributed by atoms with van der Waals surface area (Å²) in [5.74, 6) is -1.20. The molecule has 0 saturated heterocycles. The quantitative estimate of drug-likeness (QED) is 0.662. The molecule has 1 amide bonds. The highest BCUT2D eigenvalue weighted by Gasteiger charge is 2.30. The van der Waals surface area contributed by atoms with Crippen LogP contribution in [0.2, 0.25) is 5.02 Å². The van der Waals surface area contributed by atoms with Gasteiger partial charge in [0, 0.05) is 12.6 Å². The van der Waals surface area contributed by atoms with Crippen molar-refractivity contribution in [3.8, 4) is 0 Å². The van der Waals surface area contributed by atoms with Crippen molar-refractivity contribution >= 4 is 33.5 Å². The first-order valence-electron chi connectivity index (χ1n) is 8.05. The van der Waals surface area contributed by atoms with E-state index in [1.54, 1.807) is 0 Å². The lowest BCUT2D eigenvalue weighted by molar-refractivity contribution is -0.129. The van der Waals surface area contributed by atoms with Crippen molar-refractivity contribution in [1.29, 1.82) is 0 Å². The molecular weight excluding hydrogens is 368 g/mol. The van der Waals surface area contributed by atoms with E-state index in [-0.39, 0.29) is 21.5 Å². The van der Waals surface area contributed by atoms with Gasteiger partial charge in [-0.3, -0.25) is 4.79 Å². The third-order valence-electron chi connectivity index (χ3n) is 3.56. The normalized spacial score (nSPS) is 15.5. The van der Waals surface area contributed by atoms with Gasteiger partial charge < -0.3 is 10.1 Å². The Balaban J connectivity index is 2.12. The van der Waals surface area contributed by atoms with Crippen molar-refractivity contribution in [2.45, 2.75) is 50.2 Å². The topological polar surface area (TPSA) is 102 Å². The fraction of sp³-hybridized carbons (Fsp3) is 0.500. The summed E-state index contributed by atoms with van der Waals surface area (Å²) in [5.41, 5.74) is 0.00992. The van der Waals surface area contributed by atoms with Crippen LogP contribution >= 0.6 is 11.6 Å². The van der Waals surface area contributed by atoms with Crippen molar-refractivity contribution in [1.82, 2.24) is 10.0 Å². The van der Waals surface area contributed by atoms with Crippen molar-refractivity contribution in [2.24, 2.45) is 0 Å². The van der Waals surface area contributed by atoms with Gasteiger partial charge in [-0.2, -0.15) is 0 Å². The Kier molecular flexibility index (Phi) is 6.42. The van der Waals surface area contributed by atoms with Crippen molar-refractivity contribution in [3.63, 3.8) is 0 Å². The summed E-state index contributed by atoms with van der Waals surface area (Å²) in [6.45, 7) is 3.84. The number of carbonyl (C=O) groups is 2. The third-order valence-corrected chi connectivity index (χ3v) is 5.56. The first kappa shape index (κ1) is 19.7. The molecule has 1 aromatic rings. The molecule has 7 nitrogen and oxygen atoms in total. The van der Waals surface area contributed by atoms with E-state index in [1.165, 1.54) is 19.1 Å². The predicted octanol–water partition coefficient (Wildman–Crippen LogP) is 1.85. The minimum absolute atomic E-state index is 0.00992. The number of amides is 1. The average Bonchev–Trinajstić information content (AvgIpc) is 3.35. The van der Waals surface area contributed by atoms with Gasteiger partial charge in [0.1, 0.15) is 4.90 Å². The Bertz CT molecular complexity index is 762. The van der Waals surface area contributed by atoms with Gasteiger partial charge in [0.05, 0.1) is 10.6 Å². The summed E-state index contributed by atoms with van der Waals surface area (Å²) >= 11 is 5.97. The van der Waals surface area contributed by atoms with E-state index >= 15 is 0 Å². The molecule has 9 heteroatoms. The van der Waals surface area contributed by atoms with Crippen LogP contribution in [-0.2, 0) is 19.6 Å². The lowest BCUT2D eigenvalue weighted by Gasteiger charge is -2.14. The van der Waals surface area contributed by atoms with E-state index < -0.39 is 28.0 Å². The zero-order chi connectivity index (χ0) is 18.6. The number of rotatable bonds is 8. The smallest absolute Gasteiger partial charge is 0.338 e. The second kappa shape index (κ2) is 8.16. The second-order valence-electron chi connectivity index (χ2n) is 5.88. The SMILES string of the molecule is CCCNC(=O)[C@@H](C)OC(=O)c1ccc(Cl)c(S(=O)(=O)NC2CC2)c1. The molecule has 2 rings (SSSR count). The van der Waals surface area contributed by atoms with Crippen LogP contribution in [0.4, 0.5) is 0 Å². The second-order valence-corrected chi connectivity index (χ2v) is 7.97. The summed E-state index contributed by atoms with van der Waals surface area (Å²) in [5, 5.41) is 2.63. The highest BCUT2D eigenvalue weighted by atomic mass is 35.5. The number of hydrogen-bond acceptors (Lipinski definition) is 5. The molecule has 1 saturated carbocycles. The van der Waals surface area contributed by atoms with Gasteiger partial charge >= 0.3 is 5.97 Å². The number of ether oxygens (including phenoxy) is 1. The van der Waals surface area contributed by atoms with Crippen LogP contribution in [0.25, 0.3) is 0 Å². The maximum Gasteiger partial charge on any atom is 0.338 e. The number of nitrogens with one attached hydrogen (secondary N) is 2. The van der Waals surface area contributed by atoms with Crippen LogP contribution in [0.3, 0.4) is 0 Å². The van der Waals surface area contributed by atoms with Crippen molar-refractivity contribution < 1.29 is 22.7 Å². The van der Waals surface area contributed by atoms with Gasteiger partial charge in [-0.1, -0.05) is 18.5 Å². The molecule has 0 bridgehead atoms. The molecule has 1 fully saturated rings. The lowest BCUT2D eigenvalue weighted by atomic mass is 10.2. The fourth-order valence-corrected chi connectivity index (χ4v) is 3.83. The van der Waals surface area contributed by atoms with Crippen LogP contribution in [0, 0.1) is 0 Å². The number of benzene rings is 1. The van der Waals surface area contributed by atoms with Crippen LogP contribution < -0.4 is 10.0 Å². The Morgan fingerprint density at radius 1 is 1.36 bits per heavy atom. The zero-order valence-electron chi connectivity index (χ0n) is 14.0. The van der Waals surface area contributed by atoms with Gasteiger partial charge in [-0.05, 0) is 44.4 Å². The summed E-state index contributed by atoms with van der Waals surface area (Å²) in [7, 11) is -3.81. The van der Waals surface area contributed by atoms with Crippen LogP contribution in [0.1, 0.15) is 43.5 Å². The summed E-state index contributed by atoms with van der Waals surface area (Å²) in [6, 6.07) is 3.75.